The summed E-state index contributed by atoms with van der Waals surface area (Å²) in [4.78, 5) is 0. The van der Waals surface area contributed by atoms with Crippen LogP contribution in [-0.2, 0) is 13.6 Å². The predicted octanol–water partition coefficient (Wildman–Crippen LogP) is 1.22. The third-order valence-corrected chi connectivity index (χ3v) is 3.18. The van der Waals surface area contributed by atoms with Crippen LogP contribution >= 0.6 is 15.9 Å². The molecule has 4 nitrogen and oxygen atoms in total. The first-order chi connectivity index (χ1) is 6.27. The Kier molecular flexibility index (Phi) is 2.64. The number of nitrogens with zero attached hydrogens (tertiary/aromatic N) is 3. The van der Waals surface area contributed by atoms with E-state index in [1.54, 1.807) is 4.68 Å². The second-order valence-electron chi connectivity index (χ2n) is 3.46. The Morgan fingerprint density at radius 2 is 2.38 bits per heavy atom. The van der Waals surface area contributed by atoms with E-state index < -0.39 is 0 Å². The third kappa shape index (κ3) is 1.91. The Morgan fingerprint density at radius 3 is 2.85 bits per heavy atom. The van der Waals surface area contributed by atoms with Crippen molar-refractivity contribution in [3.05, 3.63) is 10.3 Å². The number of rotatable bonds is 3. The first kappa shape index (κ1) is 9.15. The minimum absolute atomic E-state index is 0.710. The maximum Gasteiger partial charge on any atom is 0.152 e. The van der Waals surface area contributed by atoms with Gasteiger partial charge in [0, 0.05) is 19.6 Å². The molecule has 1 aliphatic carbocycles. The fourth-order valence-electron chi connectivity index (χ4n) is 1.39. The zero-order valence-electron chi connectivity index (χ0n) is 7.63. The summed E-state index contributed by atoms with van der Waals surface area (Å²) in [6.45, 7) is 0.856. The van der Waals surface area contributed by atoms with E-state index in [0.717, 1.165) is 16.8 Å². The molecule has 0 aromatic carbocycles. The molecule has 1 N–H and O–H groups in total. The van der Waals surface area contributed by atoms with Crippen molar-refractivity contribution in [3.8, 4) is 0 Å². The molecule has 13 heavy (non-hydrogen) atoms. The van der Waals surface area contributed by atoms with Crippen LogP contribution in [0.5, 0.6) is 0 Å². The van der Waals surface area contributed by atoms with Gasteiger partial charge in [-0.05, 0) is 28.8 Å². The van der Waals surface area contributed by atoms with Gasteiger partial charge in [-0.3, -0.25) is 0 Å². The van der Waals surface area contributed by atoms with Gasteiger partial charge in [0.15, 0.2) is 4.60 Å². The molecule has 0 spiro atoms. The zero-order chi connectivity index (χ0) is 9.26. The van der Waals surface area contributed by atoms with Crippen molar-refractivity contribution in [2.45, 2.75) is 31.8 Å². The number of hydrogen-bond donors (Lipinski definition) is 1. The Hall–Kier alpha value is -0.420. The molecule has 0 unspecified atom stereocenters. The first-order valence-electron chi connectivity index (χ1n) is 4.55. The van der Waals surface area contributed by atoms with Gasteiger partial charge in [-0.2, -0.15) is 0 Å². The molecule has 5 heteroatoms. The van der Waals surface area contributed by atoms with Crippen molar-refractivity contribution in [3.63, 3.8) is 0 Å². The van der Waals surface area contributed by atoms with E-state index >= 15 is 0 Å². The average Bonchev–Trinajstić information content (AvgIpc) is 2.32. The molecule has 0 aliphatic heterocycles. The van der Waals surface area contributed by atoms with Crippen LogP contribution in [0.15, 0.2) is 4.60 Å². The highest BCUT2D eigenvalue weighted by Crippen LogP contribution is 2.19. The Morgan fingerprint density at radius 1 is 1.62 bits per heavy atom. The van der Waals surface area contributed by atoms with Gasteiger partial charge in [-0.15, -0.1) is 5.10 Å². The van der Waals surface area contributed by atoms with Crippen LogP contribution in [-0.4, -0.2) is 21.0 Å². The van der Waals surface area contributed by atoms with Crippen LogP contribution in [0.4, 0.5) is 0 Å². The molecule has 1 aromatic rings. The summed E-state index contributed by atoms with van der Waals surface area (Å²) < 4.78 is 2.65. The smallest absolute Gasteiger partial charge is 0.152 e. The first-order valence-corrected chi connectivity index (χ1v) is 5.34. The largest absolute Gasteiger partial charge is 0.308 e. The van der Waals surface area contributed by atoms with Gasteiger partial charge in [0.1, 0.15) is 0 Å². The Labute approximate surface area is 85.8 Å². The highest BCUT2D eigenvalue weighted by atomic mass is 79.9. The summed E-state index contributed by atoms with van der Waals surface area (Å²) in [5, 5.41) is 11.3. The van der Waals surface area contributed by atoms with Crippen molar-refractivity contribution in [1.29, 1.82) is 0 Å². The van der Waals surface area contributed by atoms with Crippen LogP contribution in [0.25, 0.3) is 0 Å². The van der Waals surface area contributed by atoms with E-state index in [4.69, 9.17) is 0 Å². The SMILES string of the molecule is Cn1nnc(Br)c1CNC1CCC1. The molecule has 0 bridgehead atoms. The third-order valence-electron chi connectivity index (χ3n) is 2.56. The normalized spacial score (nSPS) is 17.4. The summed E-state index contributed by atoms with van der Waals surface area (Å²) in [6.07, 6.45) is 3.98. The highest BCUT2D eigenvalue weighted by Gasteiger charge is 2.17. The fraction of sp³-hybridized carbons (Fsp3) is 0.750. The number of hydrogen-bond acceptors (Lipinski definition) is 3. The number of aromatic nitrogens is 3. The van der Waals surface area contributed by atoms with E-state index in [1.807, 2.05) is 7.05 Å². The summed E-state index contributed by atoms with van der Waals surface area (Å²) >= 11 is 3.37. The van der Waals surface area contributed by atoms with E-state index in [9.17, 15) is 0 Å². The van der Waals surface area contributed by atoms with Crippen molar-refractivity contribution in [2.75, 3.05) is 0 Å². The molecule has 2 rings (SSSR count). The van der Waals surface area contributed by atoms with Gasteiger partial charge in [-0.1, -0.05) is 11.6 Å². The number of aryl methyl sites for hydroxylation is 1. The van der Waals surface area contributed by atoms with E-state index in [-0.39, 0.29) is 0 Å². The summed E-state index contributed by atoms with van der Waals surface area (Å²) in [5.74, 6) is 0. The lowest BCUT2D eigenvalue weighted by atomic mass is 9.93. The summed E-state index contributed by atoms with van der Waals surface area (Å²) in [6, 6.07) is 0.710. The molecule has 72 valence electrons. The second kappa shape index (κ2) is 3.75. The molecular weight excluding hydrogens is 232 g/mol. The lowest BCUT2D eigenvalue weighted by Crippen LogP contribution is -2.35. The Bertz CT molecular complexity index is 273. The van der Waals surface area contributed by atoms with Crippen molar-refractivity contribution >= 4 is 15.9 Å². The fourth-order valence-corrected chi connectivity index (χ4v) is 1.86. The van der Waals surface area contributed by atoms with Gasteiger partial charge >= 0.3 is 0 Å². The molecule has 0 amide bonds. The highest BCUT2D eigenvalue weighted by molar-refractivity contribution is 9.10. The minimum atomic E-state index is 0.710. The van der Waals surface area contributed by atoms with Gasteiger partial charge in [0.25, 0.3) is 0 Å². The molecule has 0 saturated heterocycles. The summed E-state index contributed by atoms with van der Waals surface area (Å²) in [5.41, 5.74) is 1.12. The van der Waals surface area contributed by atoms with Crippen molar-refractivity contribution in [2.24, 2.45) is 7.05 Å². The molecule has 1 heterocycles. The van der Waals surface area contributed by atoms with Crippen LogP contribution in [0.2, 0.25) is 0 Å². The zero-order valence-corrected chi connectivity index (χ0v) is 9.21. The molecule has 1 saturated carbocycles. The minimum Gasteiger partial charge on any atom is -0.308 e. The van der Waals surface area contributed by atoms with Crippen LogP contribution in [0.3, 0.4) is 0 Å². The molecule has 0 radical (unpaired) electrons. The van der Waals surface area contributed by atoms with Gasteiger partial charge in [0.05, 0.1) is 5.69 Å². The molecule has 0 atom stereocenters. The predicted molar refractivity (Wildman–Crippen MR) is 53.2 cm³/mol. The van der Waals surface area contributed by atoms with Crippen molar-refractivity contribution < 1.29 is 0 Å². The van der Waals surface area contributed by atoms with Gasteiger partial charge < -0.3 is 5.32 Å². The molecular formula is C8H13BrN4. The van der Waals surface area contributed by atoms with Gasteiger partial charge in [-0.25, -0.2) is 4.68 Å². The standard InChI is InChI=1S/C8H13BrN4/c1-13-7(8(9)11-12-13)5-10-6-3-2-4-6/h6,10H,2-5H2,1H3. The molecule has 1 aliphatic rings. The summed E-state index contributed by atoms with van der Waals surface area (Å²) in [7, 11) is 1.91. The average molecular weight is 245 g/mol. The monoisotopic (exact) mass is 244 g/mol. The van der Waals surface area contributed by atoms with Crippen LogP contribution < -0.4 is 5.32 Å². The number of halogens is 1. The van der Waals surface area contributed by atoms with Gasteiger partial charge in [0.2, 0.25) is 0 Å². The maximum absolute atomic E-state index is 3.93. The topological polar surface area (TPSA) is 42.7 Å². The maximum atomic E-state index is 3.93. The lowest BCUT2D eigenvalue weighted by molar-refractivity contribution is 0.334. The lowest BCUT2D eigenvalue weighted by Gasteiger charge is -2.26. The second-order valence-corrected chi connectivity index (χ2v) is 4.21. The number of nitrogens with one attached hydrogen (secondary N) is 1. The van der Waals surface area contributed by atoms with E-state index in [2.05, 4.69) is 31.6 Å². The quantitative estimate of drug-likeness (QED) is 0.870. The van der Waals surface area contributed by atoms with E-state index in [0.29, 0.717) is 6.04 Å². The van der Waals surface area contributed by atoms with E-state index in [1.165, 1.54) is 19.3 Å². The van der Waals surface area contributed by atoms with Crippen molar-refractivity contribution in [1.82, 2.24) is 20.3 Å². The van der Waals surface area contributed by atoms with Crippen LogP contribution in [0, 0.1) is 0 Å². The Balaban J connectivity index is 1.92. The molecule has 1 fully saturated rings. The molecule has 1 aromatic heterocycles. The van der Waals surface area contributed by atoms with Crippen LogP contribution in [0.1, 0.15) is 25.0 Å².